The lowest BCUT2D eigenvalue weighted by Gasteiger charge is -2.23. The van der Waals surface area contributed by atoms with Crippen molar-refractivity contribution in [1.82, 2.24) is 30.7 Å². The van der Waals surface area contributed by atoms with E-state index in [-0.39, 0.29) is 43.1 Å². The van der Waals surface area contributed by atoms with E-state index in [2.05, 4.69) is 42.2 Å². The molecule has 4 aromatic rings. The summed E-state index contributed by atoms with van der Waals surface area (Å²) in [6.45, 7) is 0.392. The number of hydrogen-bond donors (Lipinski definition) is 4. The third kappa shape index (κ3) is 7.64. The number of amides is 4. The summed E-state index contributed by atoms with van der Waals surface area (Å²) >= 11 is 3.39. The van der Waals surface area contributed by atoms with Gasteiger partial charge in [0.1, 0.15) is 23.4 Å². The van der Waals surface area contributed by atoms with Gasteiger partial charge in [-0.25, -0.2) is 4.98 Å². The zero-order valence-electron chi connectivity index (χ0n) is 23.5. The normalized spacial score (nSPS) is 13.8. The Kier molecular flexibility index (Phi) is 9.60. The number of ketones is 1. The summed E-state index contributed by atoms with van der Waals surface area (Å²) in [4.78, 5) is 70.0. The second-order valence-corrected chi connectivity index (χ2v) is 11.1. The minimum Gasteiger partial charge on any atom is -0.349 e. The SMILES string of the molecule is O=C(NCc1ccccc1)C(=O)C(CC1=CCNC1=O)NC(=O)[C@H](Cc1ccccc1)NC(=O)c1cn2cc(Br)ccc2n1. The Labute approximate surface area is 261 Å². The fourth-order valence-electron chi connectivity index (χ4n) is 4.74. The summed E-state index contributed by atoms with van der Waals surface area (Å²) in [6, 6.07) is 19.2. The molecule has 2 aromatic heterocycles. The van der Waals surface area contributed by atoms with Gasteiger partial charge in [0.2, 0.25) is 17.6 Å². The summed E-state index contributed by atoms with van der Waals surface area (Å²) < 4.78 is 2.47. The monoisotopic (exact) mass is 656 g/mol. The Morgan fingerprint density at radius 1 is 0.864 bits per heavy atom. The molecular formula is C32H29BrN6O5. The molecule has 11 nitrogen and oxygen atoms in total. The summed E-state index contributed by atoms with van der Waals surface area (Å²) in [5.41, 5.74) is 2.46. The molecule has 4 amide bonds. The van der Waals surface area contributed by atoms with Crippen LogP contribution in [0.1, 0.15) is 28.0 Å². The van der Waals surface area contributed by atoms with Gasteiger partial charge in [-0.2, -0.15) is 0 Å². The van der Waals surface area contributed by atoms with Crippen molar-refractivity contribution in [2.75, 3.05) is 6.54 Å². The van der Waals surface area contributed by atoms with E-state index < -0.39 is 35.6 Å². The number of carbonyl (C=O) groups is 5. The van der Waals surface area contributed by atoms with Gasteiger partial charge in [0, 0.05) is 48.4 Å². The average molecular weight is 658 g/mol. The maximum absolute atomic E-state index is 13.7. The molecule has 0 aliphatic carbocycles. The van der Waals surface area contributed by atoms with Gasteiger partial charge in [-0.3, -0.25) is 24.0 Å². The summed E-state index contributed by atoms with van der Waals surface area (Å²) in [5.74, 6) is -3.48. The van der Waals surface area contributed by atoms with E-state index >= 15 is 0 Å². The Balaban J connectivity index is 1.36. The smallest absolute Gasteiger partial charge is 0.289 e. The number of benzene rings is 2. The van der Waals surface area contributed by atoms with E-state index in [4.69, 9.17) is 0 Å². The van der Waals surface area contributed by atoms with Crippen LogP contribution in [0.25, 0.3) is 5.65 Å². The van der Waals surface area contributed by atoms with E-state index in [9.17, 15) is 24.0 Å². The van der Waals surface area contributed by atoms with Gasteiger partial charge in [0.15, 0.2) is 0 Å². The van der Waals surface area contributed by atoms with Gasteiger partial charge in [-0.15, -0.1) is 0 Å². The topological polar surface area (TPSA) is 151 Å². The lowest BCUT2D eigenvalue weighted by atomic mass is 10.00. The van der Waals surface area contributed by atoms with Gasteiger partial charge < -0.3 is 25.7 Å². The number of Topliss-reactive ketones (excluding diaryl/α,β-unsaturated/α-hetero) is 1. The molecule has 4 N–H and O–H groups in total. The number of rotatable bonds is 12. The third-order valence-electron chi connectivity index (χ3n) is 7.03. The van der Waals surface area contributed by atoms with Crippen LogP contribution in [-0.4, -0.2) is 57.4 Å². The number of aromatic nitrogens is 2. The lowest BCUT2D eigenvalue weighted by molar-refractivity contribution is -0.140. The molecule has 1 aliphatic rings. The van der Waals surface area contributed by atoms with Crippen molar-refractivity contribution in [3.63, 3.8) is 0 Å². The number of nitrogens with one attached hydrogen (secondary N) is 4. The van der Waals surface area contributed by atoms with Crippen LogP contribution in [0.4, 0.5) is 0 Å². The fourth-order valence-corrected chi connectivity index (χ4v) is 5.09. The van der Waals surface area contributed by atoms with Crippen LogP contribution in [0.15, 0.2) is 101 Å². The lowest BCUT2D eigenvalue weighted by Crippen LogP contribution is -2.54. The second kappa shape index (κ2) is 13.9. The van der Waals surface area contributed by atoms with Gasteiger partial charge in [-0.1, -0.05) is 66.7 Å². The maximum Gasteiger partial charge on any atom is 0.289 e. The number of nitrogens with zero attached hydrogens (tertiary/aromatic N) is 2. The molecule has 0 fully saturated rings. The molecule has 0 spiro atoms. The molecule has 1 aliphatic heterocycles. The van der Waals surface area contributed by atoms with Gasteiger partial charge in [-0.05, 0) is 39.2 Å². The number of fused-ring (bicyclic) bond motifs is 1. The van der Waals surface area contributed by atoms with Gasteiger partial charge >= 0.3 is 0 Å². The molecular weight excluding hydrogens is 628 g/mol. The van der Waals surface area contributed by atoms with Crippen molar-refractivity contribution < 1.29 is 24.0 Å². The minimum atomic E-state index is -1.35. The van der Waals surface area contributed by atoms with Crippen molar-refractivity contribution in [2.45, 2.75) is 31.5 Å². The molecule has 224 valence electrons. The van der Waals surface area contributed by atoms with Crippen LogP contribution in [0.5, 0.6) is 0 Å². The Bertz CT molecular complexity index is 1740. The number of halogens is 1. The molecule has 3 heterocycles. The van der Waals surface area contributed by atoms with E-state index in [0.717, 1.165) is 15.6 Å². The molecule has 2 atom stereocenters. The first-order valence-electron chi connectivity index (χ1n) is 13.9. The largest absolute Gasteiger partial charge is 0.349 e. The molecule has 1 unspecified atom stereocenters. The van der Waals surface area contributed by atoms with Crippen LogP contribution in [-0.2, 0) is 32.1 Å². The Morgan fingerprint density at radius 3 is 2.25 bits per heavy atom. The zero-order chi connectivity index (χ0) is 31.1. The predicted molar refractivity (Wildman–Crippen MR) is 165 cm³/mol. The fraction of sp³-hybridized carbons (Fsp3) is 0.188. The highest BCUT2D eigenvalue weighted by molar-refractivity contribution is 9.10. The quantitative estimate of drug-likeness (QED) is 0.172. The first-order chi connectivity index (χ1) is 21.3. The molecule has 2 aromatic carbocycles. The van der Waals surface area contributed by atoms with Crippen molar-refractivity contribution in [2.24, 2.45) is 0 Å². The molecule has 44 heavy (non-hydrogen) atoms. The number of hydrogen-bond acceptors (Lipinski definition) is 6. The molecule has 5 rings (SSSR count). The minimum absolute atomic E-state index is 0.0923. The molecule has 0 bridgehead atoms. The number of pyridine rings is 1. The number of imidazole rings is 1. The van der Waals surface area contributed by atoms with Crippen molar-refractivity contribution in [3.05, 3.63) is 118 Å². The second-order valence-electron chi connectivity index (χ2n) is 10.2. The van der Waals surface area contributed by atoms with Crippen LogP contribution < -0.4 is 21.3 Å². The molecule has 12 heteroatoms. The van der Waals surface area contributed by atoms with Crippen LogP contribution in [0.3, 0.4) is 0 Å². The first-order valence-corrected chi connectivity index (χ1v) is 14.7. The van der Waals surface area contributed by atoms with E-state index in [1.807, 2.05) is 36.4 Å². The van der Waals surface area contributed by atoms with Crippen LogP contribution >= 0.6 is 15.9 Å². The number of carbonyl (C=O) groups excluding carboxylic acids is 5. The van der Waals surface area contributed by atoms with Crippen LogP contribution in [0, 0.1) is 0 Å². The van der Waals surface area contributed by atoms with E-state index in [1.54, 1.807) is 59.3 Å². The molecule has 0 radical (unpaired) electrons. The Hall–Kier alpha value is -5.10. The van der Waals surface area contributed by atoms with Crippen molar-refractivity contribution >= 4 is 51.0 Å². The maximum atomic E-state index is 13.7. The third-order valence-corrected chi connectivity index (χ3v) is 7.50. The summed E-state index contributed by atoms with van der Waals surface area (Å²) in [7, 11) is 0. The van der Waals surface area contributed by atoms with Gasteiger partial charge in [0.05, 0.1) is 0 Å². The van der Waals surface area contributed by atoms with Crippen LogP contribution in [0.2, 0.25) is 0 Å². The van der Waals surface area contributed by atoms with Crippen molar-refractivity contribution in [3.8, 4) is 0 Å². The highest BCUT2D eigenvalue weighted by Gasteiger charge is 2.33. The first kappa shape index (κ1) is 30.4. The highest BCUT2D eigenvalue weighted by Crippen LogP contribution is 2.15. The van der Waals surface area contributed by atoms with E-state index in [0.29, 0.717) is 5.65 Å². The summed E-state index contributed by atoms with van der Waals surface area (Å²) in [5, 5.41) is 10.6. The molecule has 0 saturated carbocycles. The van der Waals surface area contributed by atoms with E-state index in [1.165, 1.54) is 0 Å². The highest BCUT2D eigenvalue weighted by atomic mass is 79.9. The predicted octanol–water partition coefficient (Wildman–Crippen LogP) is 2.25. The molecule has 0 saturated heterocycles. The summed E-state index contributed by atoms with van der Waals surface area (Å²) in [6.07, 6.45) is 4.81. The average Bonchev–Trinajstić information content (AvgIpc) is 3.65. The standard InChI is InChI=1S/C32H29BrN6O5/c33-23-11-12-27-36-26(19-39(27)18-23)31(43)38-25(15-20-7-3-1-4-8-20)30(42)37-24(16-22-13-14-34-29(22)41)28(40)32(44)35-17-21-9-5-2-6-10-21/h1-13,18-19,24-25H,14-17H2,(H,34,41)(H,35,44)(H,37,42)(H,38,43)/t24?,25-/m0/s1. The Morgan fingerprint density at radius 2 is 1.57 bits per heavy atom. The van der Waals surface area contributed by atoms with Gasteiger partial charge in [0.25, 0.3) is 11.8 Å². The zero-order valence-corrected chi connectivity index (χ0v) is 25.0. The van der Waals surface area contributed by atoms with Crippen molar-refractivity contribution in [1.29, 1.82) is 0 Å².